The number of hydrogen-bond donors (Lipinski definition) is 2. The molecule has 1 aliphatic carbocycles. The Bertz CT molecular complexity index is 296. The molecule has 1 aromatic rings. The first kappa shape index (κ1) is 10.5. The molecule has 15 heavy (non-hydrogen) atoms. The van der Waals surface area contributed by atoms with E-state index in [1.54, 1.807) is 12.4 Å². The van der Waals surface area contributed by atoms with Crippen LogP contribution in [0.25, 0.3) is 0 Å². The van der Waals surface area contributed by atoms with Crippen LogP contribution in [0.5, 0.6) is 0 Å². The Hall–Kier alpha value is -1.00. The molecule has 1 heterocycles. The molecular formula is C11H17N3O. The van der Waals surface area contributed by atoms with Crippen molar-refractivity contribution >= 4 is 0 Å². The second kappa shape index (κ2) is 4.68. The van der Waals surface area contributed by atoms with E-state index < -0.39 is 5.60 Å². The van der Waals surface area contributed by atoms with E-state index in [0.717, 1.165) is 37.8 Å². The zero-order valence-electron chi connectivity index (χ0n) is 8.82. The van der Waals surface area contributed by atoms with Crippen LogP contribution in [-0.4, -0.2) is 27.2 Å². The summed E-state index contributed by atoms with van der Waals surface area (Å²) in [4.78, 5) is 7.88. The highest BCUT2D eigenvalue weighted by Gasteiger charge is 2.30. The van der Waals surface area contributed by atoms with Crippen molar-refractivity contribution < 1.29 is 5.11 Å². The average molecular weight is 207 g/mol. The van der Waals surface area contributed by atoms with Crippen molar-refractivity contribution in [3.8, 4) is 0 Å². The molecule has 0 saturated heterocycles. The highest BCUT2D eigenvalue weighted by atomic mass is 16.3. The highest BCUT2D eigenvalue weighted by Crippen LogP contribution is 2.28. The molecule has 4 nitrogen and oxygen atoms in total. The first-order chi connectivity index (χ1) is 7.29. The molecule has 1 saturated carbocycles. The van der Waals surface area contributed by atoms with E-state index >= 15 is 0 Å². The van der Waals surface area contributed by atoms with Crippen molar-refractivity contribution in [2.75, 3.05) is 6.54 Å². The lowest BCUT2D eigenvalue weighted by molar-refractivity contribution is 0.0474. The molecule has 1 fully saturated rings. The Kier molecular flexibility index (Phi) is 3.28. The summed E-state index contributed by atoms with van der Waals surface area (Å²) in [6.07, 6.45) is 9.24. The fourth-order valence-corrected chi connectivity index (χ4v) is 2.07. The molecule has 2 N–H and O–H groups in total. The molecule has 0 bridgehead atoms. The van der Waals surface area contributed by atoms with E-state index in [1.807, 2.05) is 0 Å². The molecule has 82 valence electrons. The summed E-state index contributed by atoms with van der Waals surface area (Å²) >= 11 is 0. The van der Waals surface area contributed by atoms with Crippen LogP contribution in [0.15, 0.2) is 18.7 Å². The molecule has 1 aromatic heterocycles. The molecule has 0 aromatic carbocycles. The largest absolute Gasteiger partial charge is 0.389 e. The molecule has 1 aliphatic rings. The van der Waals surface area contributed by atoms with Gasteiger partial charge in [-0.2, -0.15) is 0 Å². The van der Waals surface area contributed by atoms with Gasteiger partial charge in [0, 0.05) is 31.0 Å². The topological polar surface area (TPSA) is 58.0 Å². The Labute approximate surface area is 89.8 Å². The zero-order chi connectivity index (χ0) is 10.6. The number of nitrogens with one attached hydrogen (secondary N) is 1. The molecule has 0 unspecified atom stereocenters. The third-order valence-electron chi connectivity index (χ3n) is 2.93. The molecule has 0 radical (unpaired) electrons. The van der Waals surface area contributed by atoms with Gasteiger partial charge in [0.25, 0.3) is 0 Å². The summed E-state index contributed by atoms with van der Waals surface area (Å²) in [5.74, 6) is 0. The van der Waals surface area contributed by atoms with E-state index in [1.165, 1.54) is 6.33 Å². The first-order valence-electron chi connectivity index (χ1n) is 5.46. The number of rotatable bonds is 4. The molecule has 0 amide bonds. The lowest BCUT2D eigenvalue weighted by atomic mass is 10.0. The second-order valence-corrected chi connectivity index (χ2v) is 4.28. The van der Waals surface area contributed by atoms with E-state index in [-0.39, 0.29) is 0 Å². The molecule has 4 heteroatoms. The summed E-state index contributed by atoms with van der Waals surface area (Å²) in [6, 6.07) is 0. The van der Waals surface area contributed by atoms with Gasteiger partial charge in [-0.15, -0.1) is 0 Å². The minimum Gasteiger partial charge on any atom is -0.389 e. The quantitative estimate of drug-likeness (QED) is 0.769. The molecule has 0 spiro atoms. The second-order valence-electron chi connectivity index (χ2n) is 4.28. The van der Waals surface area contributed by atoms with Gasteiger partial charge in [-0.05, 0) is 12.8 Å². The maximum absolute atomic E-state index is 10.1. The maximum Gasteiger partial charge on any atom is 0.115 e. The van der Waals surface area contributed by atoms with Crippen LogP contribution in [0.4, 0.5) is 0 Å². The third kappa shape index (κ3) is 2.97. The van der Waals surface area contributed by atoms with Gasteiger partial charge >= 0.3 is 0 Å². The van der Waals surface area contributed by atoms with Gasteiger partial charge in [0.05, 0.1) is 5.60 Å². The Morgan fingerprint density at radius 2 is 1.93 bits per heavy atom. The first-order valence-corrected chi connectivity index (χ1v) is 5.46. The van der Waals surface area contributed by atoms with E-state index in [0.29, 0.717) is 6.54 Å². The van der Waals surface area contributed by atoms with Gasteiger partial charge in [0.1, 0.15) is 6.33 Å². The van der Waals surface area contributed by atoms with Crippen molar-refractivity contribution in [1.29, 1.82) is 0 Å². The summed E-state index contributed by atoms with van der Waals surface area (Å²) in [7, 11) is 0. The standard InChI is InChI=1S/C11H17N3O/c15-11(3-1-2-4-11)8-12-5-10-6-13-9-14-7-10/h6-7,9,12,15H,1-5,8H2. The van der Waals surface area contributed by atoms with Gasteiger partial charge in [0.15, 0.2) is 0 Å². The zero-order valence-corrected chi connectivity index (χ0v) is 8.82. The normalized spacial score (nSPS) is 19.3. The Balaban J connectivity index is 1.75. The molecule has 0 aliphatic heterocycles. The third-order valence-corrected chi connectivity index (χ3v) is 2.93. The summed E-state index contributed by atoms with van der Waals surface area (Å²) < 4.78 is 0. The van der Waals surface area contributed by atoms with Crippen molar-refractivity contribution in [2.45, 2.75) is 37.8 Å². The van der Waals surface area contributed by atoms with Crippen molar-refractivity contribution in [1.82, 2.24) is 15.3 Å². The smallest absolute Gasteiger partial charge is 0.115 e. The summed E-state index contributed by atoms with van der Waals surface area (Å²) in [5, 5.41) is 13.3. The Morgan fingerprint density at radius 3 is 2.60 bits per heavy atom. The lowest BCUT2D eigenvalue weighted by Gasteiger charge is -2.22. The minimum atomic E-state index is -0.477. The van der Waals surface area contributed by atoms with E-state index in [9.17, 15) is 5.11 Å². The fraction of sp³-hybridized carbons (Fsp3) is 0.636. The van der Waals surface area contributed by atoms with Crippen molar-refractivity contribution in [3.63, 3.8) is 0 Å². The van der Waals surface area contributed by atoms with Crippen LogP contribution >= 0.6 is 0 Å². The summed E-state index contributed by atoms with van der Waals surface area (Å²) in [6.45, 7) is 1.39. The SMILES string of the molecule is OC1(CNCc2cncnc2)CCCC1. The molecular weight excluding hydrogens is 190 g/mol. The predicted molar refractivity (Wildman–Crippen MR) is 57.2 cm³/mol. The number of hydrogen-bond acceptors (Lipinski definition) is 4. The van der Waals surface area contributed by atoms with Crippen LogP contribution in [0.3, 0.4) is 0 Å². The van der Waals surface area contributed by atoms with Gasteiger partial charge in [0.2, 0.25) is 0 Å². The minimum absolute atomic E-state index is 0.477. The summed E-state index contributed by atoms with van der Waals surface area (Å²) in [5.41, 5.74) is 0.578. The van der Waals surface area contributed by atoms with Gasteiger partial charge < -0.3 is 10.4 Å². The van der Waals surface area contributed by atoms with Crippen LogP contribution < -0.4 is 5.32 Å². The fourth-order valence-electron chi connectivity index (χ4n) is 2.07. The van der Waals surface area contributed by atoms with Crippen LogP contribution in [0.2, 0.25) is 0 Å². The maximum atomic E-state index is 10.1. The monoisotopic (exact) mass is 207 g/mol. The van der Waals surface area contributed by atoms with Crippen LogP contribution in [-0.2, 0) is 6.54 Å². The van der Waals surface area contributed by atoms with Gasteiger partial charge in [-0.1, -0.05) is 12.8 Å². The van der Waals surface area contributed by atoms with Crippen molar-refractivity contribution in [2.24, 2.45) is 0 Å². The average Bonchev–Trinajstić information content (AvgIpc) is 2.67. The van der Waals surface area contributed by atoms with E-state index in [4.69, 9.17) is 0 Å². The van der Waals surface area contributed by atoms with Gasteiger partial charge in [-0.3, -0.25) is 0 Å². The molecule has 0 atom stereocenters. The van der Waals surface area contributed by atoms with Crippen LogP contribution in [0, 0.1) is 0 Å². The van der Waals surface area contributed by atoms with E-state index in [2.05, 4.69) is 15.3 Å². The van der Waals surface area contributed by atoms with Crippen molar-refractivity contribution in [3.05, 3.63) is 24.3 Å². The van der Waals surface area contributed by atoms with Crippen LogP contribution in [0.1, 0.15) is 31.2 Å². The number of nitrogens with zero attached hydrogens (tertiary/aromatic N) is 2. The van der Waals surface area contributed by atoms with Gasteiger partial charge in [-0.25, -0.2) is 9.97 Å². The molecule has 2 rings (SSSR count). The highest BCUT2D eigenvalue weighted by molar-refractivity contribution is 5.01. The number of aliphatic hydroxyl groups is 1. The lowest BCUT2D eigenvalue weighted by Crippen LogP contribution is -2.37. The Morgan fingerprint density at radius 1 is 1.27 bits per heavy atom. The number of aromatic nitrogens is 2. The predicted octanol–water partition coefficient (Wildman–Crippen LogP) is 0.871.